The summed E-state index contributed by atoms with van der Waals surface area (Å²) >= 11 is 1.65. The van der Waals surface area contributed by atoms with Crippen LogP contribution in [0.15, 0.2) is 64.7 Å². The maximum Gasteiger partial charge on any atom is 0.338 e. The fraction of sp³-hybridized carbons (Fsp3) is 0.385. The molecule has 34 heavy (non-hydrogen) atoms. The molecule has 0 spiro atoms. The summed E-state index contributed by atoms with van der Waals surface area (Å²) in [5.41, 5.74) is 4.42. The topological polar surface area (TPSA) is 73.9 Å². The summed E-state index contributed by atoms with van der Waals surface area (Å²) in [6, 6.07) is 15.6. The molecule has 7 nitrogen and oxygen atoms in total. The number of amides is 2. The largest absolute Gasteiger partial charge is 0.463 e. The number of ether oxygens (including phenoxy) is 1. The van der Waals surface area contributed by atoms with Gasteiger partial charge in [0.2, 0.25) is 0 Å². The molecule has 2 aliphatic rings. The minimum absolute atomic E-state index is 0.275. The molecule has 4 rings (SSSR count). The molecule has 1 atom stereocenters. The third-order valence-corrected chi connectivity index (χ3v) is 6.99. The van der Waals surface area contributed by atoms with Gasteiger partial charge in [-0.15, -0.1) is 11.8 Å². The van der Waals surface area contributed by atoms with Crippen LogP contribution in [0.25, 0.3) is 0 Å². The number of esters is 1. The van der Waals surface area contributed by atoms with Gasteiger partial charge in [0.15, 0.2) is 0 Å². The smallest absolute Gasteiger partial charge is 0.338 e. The Hall–Kier alpha value is -2.97. The monoisotopic (exact) mass is 480 g/mol. The van der Waals surface area contributed by atoms with E-state index in [1.54, 1.807) is 18.7 Å². The molecular formula is C26H32N4O3S. The molecular weight excluding hydrogens is 448 g/mol. The zero-order valence-corrected chi connectivity index (χ0v) is 20.8. The normalized spacial score (nSPS) is 19.0. The second kappa shape index (κ2) is 11.0. The number of carbonyl (C=O) groups excluding carboxylic acids is 2. The van der Waals surface area contributed by atoms with Crippen molar-refractivity contribution in [2.75, 3.05) is 50.5 Å². The van der Waals surface area contributed by atoms with Gasteiger partial charge in [-0.25, -0.2) is 9.59 Å². The molecule has 0 aliphatic carbocycles. The molecule has 0 bridgehead atoms. The summed E-state index contributed by atoms with van der Waals surface area (Å²) in [6.07, 6.45) is 2.02. The number of carbonyl (C=O) groups is 2. The lowest BCUT2D eigenvalue weighted by molar-refractivity contribution is -0.139. The first-order valence-electron chi connectivity index (χ1n) is 11.6. The van der Waals surface area contributed by atoms with Crippen LogP contribution in [0, 0.1) is 6.92 Å². The second-order valence-corrected chi connectivity index (χ2v) is 9.40. The van der Waals surface area contributed by atoms with E-state index in [0.717, 1.165) is 36.6 Å². The minimum atomic E-state index is -0.549. The number of aryl methyl sites for hydroxylation is 1. The van der Waals surface area contributed by atoms with Gasteiger partial charge in [-0.05, 0) is 49.9 Å². The van der Waals surface area contributed by atoms with E-state index in [9.17, 15) is 9.59 Å². The molecule has 2 aliphatic heterocycles. The van der Waals surface area contributed by atoms with Gasteiger partial charge in [0, 0.05) is 49.0 Å². The average Bonchev–Trinajstić information content (AvgIpc) is 2.85. The maximum absolute atomic E-state index is 13.0. The van der Waals surface area contributed by atoms with E-state index in [1.807, 2.05) is 30.5 Å². The highest BCUT2D eigenvalue weighted by Crippen LogP contribution is 2.30. The standard InChI is InChI=1S/C26H32N4O3S/c1-4-33-25(31)23-22(27-26(32)28-24(23)19-7-11-21(34-3)12-8-19)17-29-13-15-30(16-14-29)20-9-5-18(2)6-10-20/h5-12,24H,4,13-17H2,1-3H3,(H2,27,28,32). The van der Waals surface area contributed by atoms with Crippen molar-refractivity contribution in [2.24, 2.45) is 0 Å². The third-order valence-electron chi connectivity index (χ3n) is 6.25. The molecule has 2 N–H and O–H groups in total. The van der Waals surface area contributed by atoms with Crippen LogP contribution in [0.4, 0.5) is 10.5 Å². The molecule has 0 aromatic heterocycles. The molecule has 8 heteroatoms. The van der Waals surface area contributed by atoms with Gasteiger partial charge in [0.05, 0.1) is 18.2 Å². The van der Waals surface area contributed by atoms with Crippen molar-refractivity contribution in [3.63, 3.8) is 0 Å². The molecule has 1 fully saturated rings. The summed E-state index contributed by atoms with van der Waals surface area (Å²) in [5, 5.41) is 5.81. The lowest BCUT2D eigenvalue weighted by Crippen LogP contribution is -2.51. The van der Waals surface area contributed by atoms with E-state index in [2.05, 4.69) is 51.6 Å². The van der Waals surface area contributed by atoms with Crippen LogP contribution >= 0.6 is 11.8 Å². The summed E-state index contributed by atoms with van der Waals surface area (Å²) in [7, 11) is 0. The molecule has 0 radical (unpaired) electrons. The van der Waals surface area contributed by atoms with Gasteiger partial charge in [-0.1, -0.05) is 29.8 Å². The van der Waals surface area contributed by atoms with Gasteiger partial charge >= 0.3 is 12.0 Å². The minimum Gasteiger partial charge on any atom is -0.463 e. The number of thioether (sulfide) groups is 1. The van der Waals surface area contributed by atoms with Crippen LogP contribution in [0.3, 0.4) is 0 Å². The van der Waals surface area contributed by atoms with Crippen molar-refractivity contribution in [3.8, 4) is 0 Å². The Bertz CT molecular complexity index is 1040. The van der Waals surface area contributed by atoms with E-state index in [-0.39, 0.29) is 12.6 Å². The fourth-order valence-electron chi connectivity index (χ4n) is 4.38. The molecule has 0 saturated carbocycles. The summed E-state index contributed by atoms with van der Waals surface area (Å²) in [5.74, 6) is -0.401. The van der Waals surface area contributed by atoms with Crippen LogP contribution in [-0.4, -0.2) is 62.5 Å². The number of hydrogen-bond acceptors (Lipinski definition) is 6. The third kappa shape index (κ3) is 5.56. The SMILES string of the molecule is CCOC(=O)C1=C(CN2CCN(c3ccc(C)cc3)CC2)NC(=O)NC1c1ccc(SC)cc1. The maximum atomic E-state index is 13.0. The lowest BCUT2D eigenvalue weighted by Gasteiger charge is -2.38. The molecule has 1 unspecified atom stereocenters. The Morgan fingerprint density at radius 1 is 1.06 bits per heavy atom. The number of rotatable bonds is 7. The van der Waals surface area contributed by atoms with Gasteiger partial charge in [0.1, 0.15) is 0 Å². The zero-order chi connectivity index (χ0) is 24.1. The van der Waals surface area contributed by atoms with E-state index in [1.165, 1.54) is 11.3 Å². The Kier molecular flexibility index (Phi) is 7.80. The average molecular weight is 481 g/mol. The molecule has 2 heterocycles. The van der Waals surface area contributed by atoms with E-state index in [4.69, 9.17) is 4.74 Å². The van der Waals surface area contributed by atoms with Gasteiger partial charge in [-0.2, -0.15) is 0 Å². The van der Waals surface area contributed by atoms with Crippen LogP contribution in [0.2, 0.25) is 0 Å². The Balaban J connectivity index is 1.54. The van der Waals surface area contributed by atoms with E-state index >= 15 is 0 Å². The number of anilines is 1. The second-order valence-electron chi connectivity index (χ2n) is 8.52. The Labute approximate surface area is 205 Å². The zero-order valence-electron chi connectivity index (χ0n) is 20.0. The number of nitrogens with zero attached hydrogens (tertiary/aromatic N) is 2. The summed E-state index contributed by atoms with van der Waals surface area (Å²) < 4.78 is 5.40. The highest BCUT2D eigenvalue weighted by molar-refractivity contribution is 7.98. The van der Waals surface area contributed by atoms with Crippen molar-refractivity contribution in [2.45, 2.75) is 24.8 Å². The highest BCUT2D eigenvalue weighted by atomic mass is 32.2. The lowest BCUT2D eigenvalue weighted by atomic mass is 9.95. The predicted molar refractivity (Wildman–Crippen MR) is 136 cm³/mol. The molecule has 2 aromatic carbocycles. The van der Waals surface area contributed by atoms with E-state index < -0.39 is 12.0 Å². The van der Waals surface area contributed by atoms with Crippen molar-refractivity contribution < 1.29 is 14.3 Å². The summed E-state index contributed by atoms with van der Waals surface area (Å²) in [6.45, 7) is 8.09. The number of piperazine rings is 1. The van der Waals surface area contributed by atoms with Gasteiger partial charge in [-0.3, -0.25) is 4.90 Å². The van der Waals surface area contributed by atoms with Crippen LogP contribution in [-0.2, 0) is 9.53 Å². The first-order chi connectivity index (χ1) is 16.5. The van der Waals surface area contributed by atoms with E-state index in [0.29, 0.717) is 17.8 Å². The summed E-state index contributed by atoms with van der Waals surface area (Å²) in [4.78, 5) is 31.4. The van der Waals surface area contributed by atoms with Gasteiger partial charge < -0.3 is 20.3 Å². The number of hydrogen-bond donors (Lipinski definition) is 2. The van der Waals surface area contributed by atoms with Crippen LogP contribution in [0.1, 0.15) is 24.1 Å². The quantitative estimate of drug-likeness (QED) is 0.465. The van der Waals surface area contributed by atoms with Crippen molar-refractivity contribution in [1.82, 2.24) is 15.5 Å². The van der Waals surface area contributed by atoms with Gasteiger partial charge in [0.25, 0.3) is 0 Å². The number of benzene rings is 2. The Morgan fingerprint density at radius 2 is 1.74 bits per heavy atom. The van der Waals surface area contributed by atoms with Crippen LogP contribution < -0.4 is 15.5 Å². The molecule has 2 amide bonds. The first kappa shape index (κ1) is 24.2. The predicted octanol–water partition coefficient (Wildman–Crippen LogP) is 3.71. The molecule has 1 saturated heterocycles. The fourth-order valence-corrected chi connectivity index (χ4v) is 4.79. The van der Waals surface area contributed by atoms with Crippen LogP contribution in [0.5, 0.6) is 0 Å². The van der Waals surface area contributed by atoms with Crippen molar-refractivity contribution >= 4 is 29.4 Å². The van der Waals surface area contributed by atoms with Crippen molar-refractivity contribution in [1.29, 1.82) is 0 Å². The van der Waals surface area contributed by atoms with Crippen molar-refractivity contribution in [3.05, 3.63) is 70.9 Å². The molecule has 180 valence electrons. The molecule has 2 aromatic rings. The Morgan fingerprint density at radius 3 is 2.35 bits per heavy atom. The number of urea groups is 1. The number of nitrogens with one attached hydrogen (secondary N) is 2. The highest BCUT2D eigenvalue weighted by Gasteiger charge is 2.34. The first-order valence-corrected chi connectivity index (χ1v) is 12.9.